The molecule has 1 atom stereocenters. The number of thioether (sulfide) groups is 1. The third-order valence-corrected chi connectivity index (χ3v) is 3.94. The summed E-state index contributed by atoms with van der Waals surface area (Å²) in [5.41, 5.74) is 0.985. The number of nitrogens with one attached hydrogen (secondary N) is 1. The highest BCUT2D eigenvalue weighted by Crippen LogP contribution is 2.22. The Hall–Kier alpha value is -0.680. The quantitative estimate of drug-likeness (QED) is 0.739. The van der Waals surface area contributed by atoms with Crippen molar-refractivity contribution in [3.8, 4) is 0 Å². The Kier molecular flexibility index (Phi) is 6.57. The van der Waals surface area contributed by atoms with Gasteiger partial charge in [-0.2, -0.15) is 11.8 Å². The van der Waals surface area contributed by atoms with E-state index in [4.69, 9.17) is 5.11 Å². The molecule has 2 N–H and O–H groups in total. The van der Waals surface area contributed by atoms with E-state index < -0.39 is 5.97 Å². The summed E-state index contributed by atoms with van der Waals surface area (Å²) in [6, 6.07) is 5.54. The van der Waals surface area contributed by atoms with Crippen LogP contribution in [0.1, 0.15) is 30.6 Å². The average molecular weight is 332 g/mol. The maximum Gasteiger partial charge on any atom is 0.337 e. The molecule has 1 rings (SSSR count). The van der Waals surface area contributed by atoms with E-state index in [9.17, 15) is 4.79 Å². The minimum absolute atomic E-state index is 0.267. The molecule has 0 spiro atoms. The lowest BCUT2D eigenvalue weighted by Gasteiger charge is -2.16. The summed E-state index contributed by atoms with van der Waals surface area (Å²) < 4.78 is 0.777. The van der Waals surface area contributed by atoms with Crippen LogP contribution in [0.2, 0.25) is 0 Å². The number of carboxylic acids is 1. The minimum Gasteiger partial charge on any atom is -0.478 e. The Morgan fingerprint density at radius 2 is 2.28 bits per heavy atom. The molecule has 0 radical (unpaired) electrons. The summed E-state index contributed by atoms with van der Waals surface area (Å²) in [6.45, 7) is 4.21. The fourth-order valence-corrected chi connectivity index (χ4v) is 2.73. The van der Waals surface area contributed by atoms with Crippen molar-refractivity contribution in [1.82, 2.24) is 0 Å². The SMILES string of the molecule is CCSCCC(C)Nc1ccc(Br)cc1C(=O)O. The van der Waals surface area contributed by atoms with Gasteiger partial charge in [-0.15, -0.1) is 0 Å². The third-order valence-electron chi connectivity index (χ3n) is 2.51. The van der Waals surface area contributed by atoms with Crippen molar-refractivity contribution >= 4 is 39.3 Å². The van der Waals surface area contributed by atoms with Gasteiger partial charge in [-0.05, 0) is 43.0 Å². The van der Waals surface area contributed by atoms with Crippen molar-refractivity contribution in [2.24, 2.45) is 0 Å². The van der Waals surface area contributed by atoms with Crippen LogP contribution in [0.4, 0.5) is 5.69 Å². The van der Waals surface area contributed by atoms with Crippen LogP contribution in [-0.2, 0) is 0 Å². The molecule has 0 amide bonds. The van der Waals surface area contributed by atoms with Crippen LogP contribution in [0.15, 0.2) is 22.7 Å². The van der Waals surface area contributed by atoms with Gasteiger partial charge in [0.25, 0.3) is 0 Å². The average Bonchev–Trinajstić information content (AvgIpc) is 2.31. The molecular weight excluding hydrogens is 314 g/mol. The number of hydrogen-bond acceptors (Lipinski definition) is 3. The Labute approximate surface area is 120 Å². The molecule has 1 aromatic carbocycles. The van der Waals surface area contributed by atoms with Gasteiger partial charge in [0.1, 0.15) is 0 Å². The second-order valence-electron chi connectivity index (χ2n) is 4.03. The number of benzene rings is 1. The zero-order chi connectivity index (χ0) is 13.5. The number of halogens is 1. The predicted molar refractivity (Wildman–Crippen MR) is 81.8 cm³/mol. The van der Waals surface area contributed by atoms with Crippen molar-refractivity contribution in [3.63, 3.8) is 0 Å². The van der Waals surface area contributed by atoms with Crippen LogP contribution in [0.3, 0.4) is 0 Å². The van der Waals surface area contributed by atoms with E-state index in [0.717, 1.165) is 22.4 Å². The summed E-state index contributed by atoms with van der Waals surface area (Å²) in [5, 5.41) is 12.4. The fourth-order valence-electron chi connectivity index (χ4n) is 1.56. The monoisotopic (exact) mass is 331 g/mol. The highest BCUT2D eigenvalue weighted by molar-refractivity contribution is 9.10. The highest BCUT2D eigenvalue weighted by atomic mass is 79.9. The van der Waals surface area contributed by atoms with E-state index in [2.05, 4.69) is 35.1 Å². The molecule has 5 heteroatoms. The first-order valence-corrected chi connectivity index (χ1v) is 7.86. The maximum atomic E-state index is 11.2. The van der Waals surface area contributed by atoms with Crippen LogP contribution < -0.4 is 5.32 Å². The molecule has 100 valence electrons. The summed E-state index contributed by atoms with van der Waals surface area (Å²) in [7, 11) is 0. The number of carboxylic acid groups (broad SMARTS) is 1. The number of hydrogen-bond donors (Lipinski definition) is 2. The first kappa shape index (κ1) is 15.4. The van der Waals surface area contributed by atoms with Gasteiger partial charge in [-0.1, -0.05) is 22.9 Å². The molecule has 0 saturated carbocycles. The Morgan fingerprint density at radius 1 is 1.56 bits per heavy atom. The molecule has 0 aliphatic rings. The molecule has 0 aliphatic heterocycles. The number of rotatable bonds is 7. The highest BCUT2D eigenvalue weighted by Gasteiger charge is 2.12. The fraction of sp³-hybridized carbons (Fsp3) is 0.462. The van der Waals surface area contributed by atoms with Gasteiger partial charge in [-0.3, -0.25) is 0 Å². The Balaban J connectivity index is 2.68. The lowest BCUT2D eigenvalue weighted by Crippen LogP contribution is -2.18. The van der Waals surface area contributed by atoms with Gasteiger partial charge in [-0.25, -0.2) is 4.79 Å². The van der Waals surface area contributed by atoms with E-state index in [1.165, 1.54) is 0 Å². The van der Waals surface area contributed by atoms with Gasteiger partial charge >= 0.3 is 5.97 Å². The number of anilines is 1. The molecule has 1 aromatic rings. The molecule has 3 nitrogen and oxygen atoms in total. The van der Waals surface area contributed by atoms with Crippen LogP contribution in [0, 0.1) is 0 Å². The Morgan fingerprint density at radius 3 is 2.89 bits per heavy atom. The van der Waals surface area contributed by atoms with Crippen LogP contribution >= 0.6 is 27.7 Å². The lowest BCUT2D eigenvalue weighted by molar-refractivity contribution is 0.0698. The summed E-state index contributed by atoms with van der Waals surface area (Å²) in [4.78, 5) is 11.2. The third kappa shape index (κ3) is 4.90. The van der Waals surface area contributed by atoms with E-state index >= 15 is 0 Å². The van der Waals surface area contributed by atoms with Gasteiger partial charge in [0.2, 0.25) is 0 Å². The lowest BCUT2D eigenvalue weighted by atomic mass is 10.1. The predicted octanol–water partition coefficient (Wildman–Crippen LogP) is 4.09. The second-order valence-corrected chi connectivity index (χ2v) is 6.34. The maximum absolute atomic E-state index is 11.2. The topological polar surface area (TPSA) is 49.3 Å². The van der Waals surface area contributed by atoms with Gasteiger partial charge in [0.05, 0.1) is 5.56 Å². The van der Waals surface area contributed by atoms with Crippen molar-refractivity contribution in [2.75, 3.05) is 16.8 Å². The Bertz CT molecular complexity index is 412. The zero-order valence-corrected chi connectivity index (χ0v) is 13.0. The molecule has 0 bridgehead atoms. The van der Waals surface area contributed by atoms with Crippen LogP contribution in [0.5, 0.6) is 0 Å². The molecular formula is C13H18BrNO2S. The minimum atomic E-state index is -0.908. The van der Waals surface area contributed by atoms with E-state index in [1.54, 1.807) is 12.1 Å². The van der Waals surface area contributed by atoms with Gasteiger partial charge < -0.3 is 10.4 Å². The van der Waals surface area contributed by atoms with Crippen molar-refractivity contribution in [2.45, 2.75) is 26.3 Å². The van der Waals surface area contributed by atoms with Crippen molar-refractivity contribution < 1.29 is 9.90 Å². The molecule has 0 aliphatic carbocycles. The second kappa shape index (κ2) is 7.69. The summed E-state index contributed by atoms with van der Waals surface area (Å²) in [5.74, 6) is 1.29. The van der Waals surface area contributed by atoms with Crippen LogP contribution in [0.25, 0.3) is 0 Å². The zero-order valence-electron chi connectivity index (χ0n) is 10.6. The normalized spacial score (nSPS) is 12.2. The molecule has 0 heterocycles. The van der Waals surface area contributed by atoms with Crippen LogP contribution in [-0.4, -0.2) is 28.6 Å². The molecule has 0 aromatic heterocycles. The summed E-state index contributed by atoms with van der Waals surface area (Å²) >= 11 is 5.18. The van der Waals surface area contributed by atoms with Crippen molar-refractivity contribution in [3.05, 3.63) is 28.2 Å². The molecule has 1 unspecified atom stereocenters. The molecule has 0 fully saturated rings. The largest absolute Gasteiger partial charge is 0.478 e. The number of carbonyl (C=O) groups is 1. The molecule has 18 heavy (non-hydrogen) atoms. The van der Waals surface area contributed by atoms with E-state index in [1.807, 2.05) is 17.8 Å². The number of aromatic carboxylic acids is 1. The summed E-state index contributed by atoms with van der Waals surface area (Å²) in [6.07, 6.45) is 1.02. The van der Waals surface area contributed by atoms with Crippen molar-refractivity contribution in [1.29, 1.82) is 0 Å². The van der Waals surface area contributed by atoms with Gasteiger partial charge in [0.15, 0.2) is 0 Å². The molecule has 0 saturated heterocycles. The first-order valence-electron chi connectivity index (χ1n) is 5.91. The standard InChI is InChI=1S/C13H18BrNO2S/c1-3-18-7-6-9(2)15-12-5-4-10(14)8-11(12)13(16)17/h4-5,8-9,15H,3,6-7H2,1-2H3,(H,16,17). The first-order chi connectivity index (χ1) is 8.54. The van der Waals surface area contributed by atoms with Gasteiger partial charge in [0, 0.05) is 16.2 Å². The smallest absolute Gasteiger partial charge is 0.337 e. The van der Waals surface area contributed by atoms with E-state index in [-0.39, 0.29) is 6.04 Å². The van der Waals surface area contributed by atoms with E-state index in [0.29, 0.717) is 11.3 Å².